The van der Waals surface area contributed by atoms with Gasteiger partial charge >= 0.3 is 6.09 Å². The fraction of sp³-hybridized carbons (Fsp3) is 0.436. The molecule has 0 bridgehead atoms. The van der Waals surface area contributed by atoms with E-state index in [4.69, 9.17) is 24.7 Å². The largest absolute Gasteiger partial charge is 0.507 e. The minimum absolute atomic E-state index is 0.0380. The number of carbonyl (C=O) groups excluding carboxylic acids is 11. The first-order chi connectivity index (χ1) is 38.3. The maximum absolute atomic E-state index is 14.0. The number of imide groups is 1. The number of hydrogen-bond donors (Lipinski definition) is 10. The molecule has 1 fully saturated rings. The predicted molar refractivity (Wildman–Crippen MR) is 280 cm³/mol. The molecule has 81 heavy (non-hydrogen) atoms. The van der Waals surface area contributed by atoms with Crippen molar-refractivity contribution in [2.24, 2.45) is 5.73 Å². The number of anilines is 1. The lowest BCUT2D eigenvalue weighted by Crippen LogP contribution is -2.55. The average Bonchev–Trinajstić information content (AvgIpc) is 3.85. The van der Waals surface area contributed by atoms with Gasteiger partial charge < -0.3 is 71.7 Å². The molecule has 8 amide bonds. The molecule has 432 valence electrons. The van der Waals surface area contributed by atoms with Gasteiger partial charge in [0.25, 0.3) is 11.8 Å². The number of rotatable bonds is 22. The Hall–Kier alpha value is -8.59. The van der Waals surface area contributed by atoms with Gasteiger partial charge in [-0.15, -0.1) is 0 Å². The predicted octanol–water partition coefficient (Wildman–Crippen LogP) is 0.790. The Bertz CT molecular complexity index is 3070. The van der Waals surface area contributed by atoms with Crippen LogP contribution < -0.4 is 37.1 Å². The summed E-state index contributed by atoms with van der Waals surface area (Å²) in [5.41, 5.74) is 2.07. The number of nitrogens with one attached hydrogen (secondary N) is 5. The molecule has 0 unspecified atom stereocenters. The molecule has 26 heteroatoms. The summed E-state index contributed by atoms with van der Waals surface area (Å²) in [7, 11) is 1.29. The number of ketones is 3. The molecule has 0 spiro atoms. The molecule has 0 saturated carbocycles. The van der Waals surface area contributed by atoms with Crippen molar-refractivity contribution in [3.63, 3.8) is 0 Å². The number of phenolic OH excluding ortho intramolecular Hbond substituents is 2. The van der Waals surface area contributed by atoms with E-state index in [1.54, 1.807) is 0 Å². The molecule has 9 atom stereocenters. The molecule has 3 aromatic rings. The normalized spacial score (nSPS) is 22.0. The highest BCUT2D eigenvalue weighted by Crippen LogP contribution is 2.52. The van der Waals surface area contributed by atoms with E-state index in [1.807, 2.05) is 0 Å². The SMILES string of the molecule is COc1cccc2c1C(=O)c1c(O)c3c(c(O)c1C2=O)C[C@@](O)(C(C)=O)C[C@@H]3O[C@H]1C[C@H](NC(=O)OCc2ccc(NC(=O)[C@H](CC(N)=O)NC(=O)[C@H](C)NC(=O)[C@H](C)NC(=O)CCCCCN3C(=O)C=CC3=O)cc2)[C@H](O)[C@H](C)O1. The maximum Gasteiger partial charge on any atom is 0.407 e. The van der Waals surface area contributed by atoms with Crippen LogP contribution in [-0.4, -0.2) is 152 Å². The topological polar surface area (TPSA) is 395 Å². The van der Waals surface area contributed by atoms with Crippen LogP contribution in [0.25, 0.3) is 0 Å². The van der Waals surface area contributed by atoms with Gasteiger partial charge in [0.2, 0.25) is 35.3 Å². The van der Waals surface area contributed by atoms with E-state index in [-0.39, 0.29) is 59.7 Å². The summed E-state index contributed by atoms with van der Waals surface area (Å²) in [6.07, 6.45) is -4.18. The lowest BCUT2D eigenvalue weighted by Gasteiger charge is -2.42. The fourth-order valence-corrected chi connectivity index (χ4v) is 9.90. The van der Waals surface area contributed by atoms with Crippen LogP contribution >= 0.6 is 0 Å². The van der Waals surface area contributed by atoms with Gasteiger partial charge in [-0.25, -0.2) is 4.79 Å². The molecular weight excluding hydrogens is 1060 g/mol. The molecule has 7 rings (SSSR count). The molecule has 3 aromatic carbocycles. The maximum atomic E-state index is 14.0. The number of aromatic hydroxyl groups is 2. The minimum atomic E-state index is -2.19. The van der Waals surface area contributed by atoms with Crippen LogP contribution in [0.4, 0.5) is 10.5 Å². The molecule has 2 aliphatic carbocycles. The summed E-state index contributed by atoms with van der Waals surface area (Å²) in [4.78, 5) is 142. The van der Waals surface area contributed by atoms with Gasteiger partial charge in [-0.2, -0.15) is 0 Å². The van der Waals surface area contributed by atoms with E-state index in [2.05, 4.69) is 26.6 Å². The Kier molecular flexibility index (Phi) is 18.7. The number of nitrogens with zero attached hydrogens (tertiary/aromatic N) is 1. The fourth-order valence-electron chi connectivity index (χ4n) is 9.90. The molecule has 26 nitrogen and oxygen atoms in total. The summed E-state index contributed by atoms with van der Waals surface area (Å²) < 4.78 is 23.0. The van der Waals surface area contributed by atoms with Gasteiger partial charge in [0.15, 0.2) is 17.9 Å². The zero-order valence-electron chi connectivity index (χ0n) is 44.8. The smallest absolute Gasteiger partial charge is 0.407 e. The van der Waals surface area contributed by atoms with E-state index in [0.717, 1.165) is 11.8 Å². The van der Waals surface area contributed by atoms with Crippen molar-refractivity contribution in [1.82, 2.24) is 26.2 Å². The standard InChI is InChI=1S/C55H63N7O19/c1-25(57-38(65)12-7-6-8-19-62-39(66)17-18-40(62)67)51(73)58-26(2)52(74)60-34(20-37(56)64)53(75)59-30-15-13-29(14-16-30)24-79-54(76)61-33-21-41(80-27(3)46(33)68)81-36-23-55(77,28(4)63)22-32-43(36)50(72)45-44(48(32)70)47(69)31-10-9-11-35(78-5)42(31)49(45)71/h9-11,13-18,25-27,33-34,36,41,46,68,70,72,77H,6-8,12,19-24H2,1-5H3,(H2,56,64)(H,57,65)(H,58,73)(H,59,75)(H,60,74)(H,61,76)/t25-,26-,27-,33-,34-,36-,41-,46+,55-/m0/s1. The van der Waals surface area contributed by atoms with E-state index in [9.17, 15) is 73.2 Å². The first kappa shape index (κ1) is 60.1. The Balaban J connectivity index is 0.905. The molecule has 0 aromatic heterocycles. The number of fused-ring (bicyclic) bond motifs is 3. The van der Waals surface area contributed by atoms with Crippen LogP contribution in [0.3, 0.4) is 0 Å². The van der Waals surface area contributed by atoms with Gasteiger partial charge in [-0.1, -0.05) is 30.7 Å². The third-order valence-corrected chi connectivity index (χ3v) is 14.4. The second-order valence-electron chi connectivity index (χ2n) is 20.2. The first-order valence-electron chi connectivity index (χ1n) is 26.0. The minimum Gasteiger partial charge on any atom is -0.507 e. The number of primary amides is 1. The monoisotopic (exact) mass is 1130 g/mol. The molecular formula is C55H63N7O19. The van der Waals surface area contributed by atoms with Crippen LogP contribution in [0.1, 0.15) is 127 Å². The van der Waals surface area contributed by atoms with Crippen LogP contribution in [0, 0.1) is 0 Å². The number of benzene rings is 3. The first-order valence-corrected chi connectivity index (χ1v) is 26.0. The highest BCUT2D eigenvalue weighted by molar-refractivity contribution is 6.31. The lowest BCUT2D eigenvalue weighted by molar-refractivity contribution is -0.249. The van der Waals surface area contributed by atoms with Crippen molar-refractivity contribution in [2.75, 3.05) is 19.0 Å². The molecule has 0 radical (unpaired) electrons. The number of carbonyl (C=O) groups is 11. The van der Waals surface area contributed by atoms with Crippen molar-refractivity contribution in [3.05, 3.63) is 93.6 Å². The molecule has 1 saturated heterocycles. The van der Waals surface area contributed by atoms with E-state index in [1.165, 1.54) is 82.5 Å². The zero-order valence-corrected chi connectivity index (χ0v) is 44.8. The molecule has 2 aliphatic heterocycles. The van der Waals surface area contributed by atoms with E-state index >= 15 is 0 Å². The number of aliphatic hydroxyl groups excluding tert-OH is 1. The van der Waals surface area contributed by atoms with Crippen LogP contribution in [-0.2, 0) is 65.6 Å². The summed E-state index contributed by atoms with van der Waals surface area (Å²) in [6.45, 7) is 5.21. The van der Waals surface area contributed by atoms with Crippen LogP contribution in [0.5, 0.6) is 17.2 Å². The van der Waals surface area contributed by atoms with Crippen LogP contribution in [0.2, 0.25) is 0 Å². The number of Topliss-reactive ketones (excluding diaryl/α,β-unsaturated/α-hetero) is 1. The number of ether oxygens (including phenoxy) is 4. The summed E-state index contributed by atoms with van der Waals surface area (Å²) in [5, 5.41) is 58.7. The molecule has 2 heterocycles. The van der Waals surface area contributed by atoms with Gasteiger partial charge in [-0.05, 0) is 64.3 Å². The van der Waals surface area contributed by atoms with E-state index in [0.29, 0.717) is 24.8 Å². The van der Waals surface area contributed by atoms with Crippen molar-refractivity contribution < 1.29 is 92.1 Å². The number of methoxy groups -OCH3 is 1. The second-order valence-corrected chi connectivity index (χ2v) is 20.2. The average molecular weight is 1130 g/mol. The number of alkyl carbamates (subject to hydrolysis) is 1. The number of unbranched alkanes of at least 4 members (excludes halogenated alkanes) is 2. The van der Waals surface area contributed by atoms with Gasteiger partial charge in [0.05, 0.1) is 48.5 Å². The van der Waals surface area contributed by atoms with Crippen molar-refractivity contribution >= 4 is 70.5 Å². The summed E-state index contributed by atoms with van der Waals surface area (Å²) in [6, 6.07) is 5.25. The third-order valence-electron chi connectivity index (χ3n) is 14.4. The third kappa shape index (κ3) is 13.5. The van der Waals surface area contributed by atoms with Crippen molar-refractivity contribution in [3.8, 4) is 17.2 Å². The molecule has 11 N–H and O–H groups in total. The van der Waals surface area contributed by atoms with Crippen molar-refractivity contribution in [1.29, 1.82) is 0 Å². The Morgan fingerprint density at radius 3 is 2.15 bits per heavy atom. The lowest BCUT2D eigenvalue weighted by atomic mass is 9.72. The summed E-state index contributed by atoms with van der Waals surface area (Å²) in [5.74, 6) is -8.41. The molecule has 4 aliphatic rings. The number of amides is 8. The van der Waals surface area contributed by atoms with Gasteiger partial charge in [-0.3, -0.25) is 52.8 Å². The Morgan fingerprint density at radius 2 is 1.49 bits per heavy atom. The highest BCUT2D eigenvalue weighted by atomic mass is 16.7. The van der Waals surface area contributed by atoms with Crippen molar-refractivity contribution in [2.45, 2.75) is 140 Å². The highest BCUT2D eigenvalue weighted by Gasteiger charge is 2.50. The van der Waals surface area contributed by atoms with E-state index < -0.39 is 161 Å². The van der Waals surface area contributed by atoms with Crippen LogP contribution in [0.15, 0.2) is 54.6 Å². The number of nitrogens with two attached hydrogens (primary N) is 1. The van der Waals surface area contributed by atoms with Gasteiger partial charge in [0.1, 0.15) is 53.7 Å². The number of hydrogen-bond acceptors (Lipinski definition) is 19. The number of phenols is 2. The summed E-state index contributed by atoms with van der Waals surface area (Å²) >= 11 is 0. The number of aliphatic hydroxyl groups is 2. The second kappa shape index (κ2) is 25.2. The zero-order chi connectivity index (χ0) is 59.2. The van der Waals surface area contributed by atoms with Gasteiger partial charge in [0, 0.05) is 66.8 Å². The Labute approximate surface area is 463 Å². The quantitative estimate of drug-likeness (QED) is 0.0295. The Morgan fingerprint density at radius 1 is 0.840 bits per heavy atom.